The van der Waals surface area contributed by atoms with Crippen molar-refractivity contribution in [3.05, 3.63) is 65.0 Å². The van der Waals surface area contributed by atoms with E-state index in [2.05, 4.69) is 5.32 Å². The van der Waals surface area contributed by atoms with Crippen LogP contribution in [0.4, 0.5) is 4.39 Å². The van der Waals surface area contributed by atoms with E-state index in [1.54, 1.807) is 19.1 Å². The molecule has 162 valence electrons. The predicted octanol–water partition coefficient (Wildman–Crippen LogP) is 4.15. The number of nitrogens with zero attached hydrogens (tertiary/aromatic N) is 1. The number of halogens is 1. The van der Waals surface area contributed by atoms with Crippen LogP contribution in [0.2, 0.25) is 0 Å². The standard InChI is InChI=1S/C24H31FN2O3/c1-6-18(4)26-24(29)19(5)27(14-20-7-9-21(25)10-8-20)23(28)15-30-22-12-16(2)11-17(3)13-22/h7-13,18-19H,6,14-15H2,1-5H3,(H,26,29). The Morgan fingerprint density at radius 2 is 1.67 bits per heavy atom. The van der Waals surface area contributed by atoms with Gasteiger partial charge in [-0.3, -0.25) is 9.59 Å². The number of nitrogens with one attached hydrogen (secondary N) is 1. The minimum atomic E-state index is -0.695. The number of amides is 2. The third kappa shape index (κ3) is 6.87. The Bertz CT molecular complexity index is 847. The Balaban J connectivity index is 2.16. The maximum atomic E-state index is 13.3. The molecule has 0 saturated heterocycles. The van der Waals surface area contributed by atoms with E-state index >= 15 is 0 Å². The SMILES string of the molecule is CCC(C)NC(=O)C(C)N(Cc1ccc(F)cc1)C(=O)COc1cc(C)cc(C)c1. The Kier molecular flexibility index (Phi) is 8.39. The van der Waals surface area contributed by atoms with Crippen LogP contribution in [0.25, 0.3) is 0 Å². The Morgan fingerprint density at radius 1 is 1.07 bits per heavy atom. The highest BCUT2D eigenvalue weighted by molar-refractivity contribution is 5.88. The first-order chi connectivity index (χ1) is 14.2. The van der Waals surface area contributed by atoms with Gasteiger partial charge in [0, 0.05) is 12.6 Å². The maximum Gasteiger partial charge on any atom is 0.261 e. The van der Waals surface area contributed by atoms with Crippen molar-refractivity contribution in [3.63, 3.8) is 0 Å². The summed E-state index contributed by atoms with van der Waals surface area (Å²) in [6.45, 7) is 9.51. The van der Waals surface area contributed by atoms with Gasteiger partial charge in [-0.25, -0.2) is 4.39 Å². The summed E-state index contributed by atoms with van der Waals surface area (Å²) in [6, 6.07) is 11.0. The molecule has 0 spiro atoms. The number of carbonyl (C=O) groups excluding carboxylic acids is 2. The maximum absolute atomic E-state index is 13.3. The summed E-state index contributed by atoms with van der Waals surface area (Å²) in [5.41, 5.74) is 2.82. The van der Waals surface area contributed by atoms with Crippen LogP contribution < -0.4 is 10.1 Å². The van der Waals surface area contributed by atoms with Gasteiger partial charge in [-0.15, -0.1) is 0 Å². The van der Waals surface area contributed by atoms with E-state index in [1.165, 1.54) is 17.0 Å². The van der Waals surface area contributed by atoms with Crippen LogP contribution >= 0.6 is 0 Å². The van der Waals surface area contributed by atoms with Crippen molar-refractivity contribution in [2.75, 3.05) is 6.61 Å². The van der Waals surface area contributed by atoms with Crippen molar-refractivity contribution in [2.24, 2.45) is 0 Å². The van der Waals surface area contributed by atoms with Crippen molar-refractivity contribution < 1.29 is 18.7 Å². The van der Waals surface area contributed by atoms with Crippen molar-refractivity contribution in [1.29, 1.82) is 0 Å². The second-order valence-corrected chi connectivity index (χ2v) is 7.75. The summed E-state index contributed by atoms with van der Waals surface area (Å²) in [4.78, 5) is 27.1. The van der Waals surface area contributed by atoms with Crippen molar-refractivity contribution >= 4 is 11.8 Å². The van der Waals surface area contributed by atoms with Crippen LogP contribution in [0.15, 0.2) is 42.5 Å². The molecule has 2 aromatic carbocycles. The fourth-order valence-electron chi connectivity index (χ4n) is 3.08. The fourth-order valence-corrected chi connectivity index (χ4v) is 3.08. The molecule has 2 rings (SSSR count). The number of carbonyl (C=O) groups is 2. The second kappa shape index (κ2) is 10.8. The zero-order valence-corrected chi connectivity index (χ0v) is 18.4. The van der Waals surface area contributed by atoms with Gasteiger partial charge in [0.2, 0.25) is 5.91 Å². The van der Waals surface area contributed by atoms with Gasteiger partial charge in [-0.05, 0) is 75.1 Å². The molecule has 0 radical (unpaired) electrons. The lowest BCUT2D eigenvalue weighted by Gasteiger charge is -2.29. The minimum Gasteiger partial charge on any atom is -0.484 e. The average Bonchev–Trinajstić information content (AvgIpc) is 2.70. The zero-order chi connectivity index (χ0) is 22.3. The van der Waals surface area contributed by atoms with Gasteiger partial charge in [-0.1, -0.05) is 25.1 Å². The van der Waals surface area contributed by atoms with Crippen molar-refractivity contribution in [2.45, 2.75) is 59.7 Å². The third-order valence-corrected chi connectivity index (χ3v) is 4.99. The molecule has 0 aliphatic carbocycles. The highest BCUT2D eigenvalue weighted by atomic mass is 19.1. The smallest absolute Gasteiger partial charge is 0.261 e. The number of hydrogen-bond acceptors (Lipinski definition) is 3. The van der Waals surface area contributed by atoms with Crippen LogP contribution in [0, 0.1) is 19.7 Å². The lowest BCUT2D eigenvalue weighted by atomic mass is 10.1. The molecule has 0 aliphatic rings. The second-order valence-electron chi connectivity index (χ2n) is 7.75. The normalized spacial score (nSPS) is 12.7. The van der Waals surface area contributed by atoms with E-state index in [0.29, 0.717) is 5.75 Å². The van der Waals surface area contributed by atoms with E-state index in [0.717, 1.165) is 23.1 Å². The Morgan fingerprint density at radius 3 is 2.23 bits per heavy atom. The summed E-state index contributed by atoms with van der Waals surface area (Å²) in [7, 11) is 0. The summed E-state index contributed by atoms with van der Waals surface area (Å²) < 4.78 is 19.0. The van der Waals surface area contributed by atoms with Crippen LogP contribution in [0.5, 0.6) is 5.75 Å². The van der Waals surface area contributed by atoms with Gasteiger partial charge in [0.05, 0.1) is 0 Å². The van der Waals surface area contributed by atoms with Crippen LogP contribution in [0.3, 0.4) is 0 Å². The van der Waals surface area contributed by atoms with Gasteiger partial charge in [0.25, 0.3) is 5.91 Å². The first-order valence-electron chi connectivity index (χ1n) is 10.2. The summed E-state index contributed by atoms with van der Waals surface area (Å²) in [5.74, 6) is -0.284. The molecule has 0 bridgehead atoms. The van der Waals surface area contributed by atoms with E-state index < -0.39 is 6.04 Å². The molecule has 30 heavy (non-hydrogen) atoms. The van der Waals surface area contributed by atoms with Crippen LogP contribution in [-0.2, 0) is 16.1 Å². The predicted molar refractivity (Wildman–Crippen MR) is 116 cm³/mol. The fraction of sp³-hybridized carbons (Fsp3) is 0.417. The van der Waals surface area contributed by atoms with E-state index in [-0.39, 0.29) is 36.8 Å². The average molecular weight is 415 g/mol. The lowest BCUT2D eigenvalue weighted by Crippen LogP contribution is -2.50. The monoisotopic (exact) mass is 414 g/mol. The molecular weight excluding hydrogens is 383 g/mol. The minimum absolute atomic E-state index is 0.00856. The summed E-state index contributed by atoms with van der Waals surface area (Å²) in [5, 5.41) is 2.91. The number of rotatable bonds is 9. The molecule has 2 aromatic rings. The molecule has 6 heteroatoms. The first-order valence-corrected chi connectivity index (χ1v) is 10.2. The summed E-state index contributed by atoms with van der Waals surface area (Å²) >= 11 is 0. The molecule has 5 nitrogen and oxygen atoms in total. The lowest BCUT2D eigenvalue weighted by molar-refractivity contribution is -0.142. The third-order valence-electron chi connectivity index (χ3n) is 4.99. The Labute approximate surface area is 178 Å². The zero-order valence-electron chi connectivity index (χ0n) is 18.4. The molecule has 1 N–H and O–H groups in total. The van der Waals surface area contributed by atoms with Crippen molar-refractivity contribution in [1.82, 2.24) is 10.2 Å². The molecule has 0 aliphatic heterocycles. The molecule has 0 aromatic heterocycles. The van der Waals surface area contributed by atoms with E-state index in [1.807, 2.05) is 45.9 Å². The van der Waals surface area contributed by atoms with Gasteiger partial charge >= 0.3 is 0 Å². The van der Waals surface area contributed by atoms with Gasteiger partial charge in [0.15, 0.2) is 6.61 Å². The first kappa shape index (κ1) is 23.4. The quantitative estimate of drug-likeness (QED) is 0.671. The largest absolute Gasteiger partial charge is 0.484 e. The number of ether oxygens (including phenoxy) is 1. The molecule has 0 saturated carbocycles. The highest BCUT2D eigenvalue weighted by Crippen LogP contribution is 2.17. The van der Waals surface area contributed by atoms with Crippen molar-refractivity contribution in [3.8, 4) is 5.75 Å². The summed E-state index contributed by atoms with van der Waals surface area (Å²) in [6.07, 6.45) is 0.792. The molecule has 2 amide bonds. The van der Waals surface area contributed by atoms with Gasteiger partial charge < -0.3 is 15.0 Å². The number of benzene rings is 2. The molecule has 0 fully saturated rings. The molecule has 2 atom stereocenters. The molecule has 2 unspecified atom stereocenters. The van der Waals surface area contributed by atoms with Gasteiger partial charge in [0.1, 0.15) is 17.6 Å². The number of aryl methyl sites for hydroxylation is 2. The molecular formula is C24H31FN2O3. The molecule has 0 heterocycles. The topological polar surface area (TPSA) is 58.6 Å². The van der Waals surface area contributed by atoms with Crippen LogP contribution in [-0.4, -0.2) is 35.4 Å². The highest BCUT2D eigenvalue weighted by Gasteiger charge is 2.27. The van der Waals surface area contributed by atoms with Crippen LogP contribution in [0.1, 0.15) is 43.9 Å². The van der Waals surface area contributed by atoms with E-state index in [4.69, 9.17) is 4.74 Å². The van der Waals surface area contributed by atoms with Gasteiger partial charge in [-0.2, -0.15) is 0 Å². The van der Waals surface area contributed by atoms with E-state index in [9.17, 15) is 14.0 Å². The number of hydrogen-bond donors (Lipinski definition) is 1. The Hall–Kier alpha value is -2.89.